The second-order valence-corrected chi connectivity index (χ2v) is 5.27. The highest BCUT2D eigenvalue weighted by atomic mass is 16.3. The number of Topliss-reactive ketones (excluding diaryl/α,β-unsaturated/α-hetero) is 1. The summed E-state index contributed by atoms with van der Waals surface area (Å²) in [6, 6.07) is 0. The van der Waals surface area contributed by atoms with Crippen LogP contribution in [0, 0.1) is 0 Å². The molecule has 2 aromatic rings. The Balaban J connectivity index is 1.92. The van der Waals surface area contributed by atoms with Crippen molar-refractivity contribution in [1.29, 1.82) is 0 Å². The van der Waals surface area contributed by atoms with Crippen LogP contribution in [0.4, 0.5) is 0 Å². The van der Waals surface area contributed by atoms with Gasteiger partial charge in [-0.1, -0.05) is 0 Å². The minimum atomic E-state index is -1.03. The lowest BCUT2D eigenvalue weighted by molar-refractivity contribution is 0.0332. The molecule has 108 valence electrons. The van der Waals surface area contributed by atoms with Crippen molar-refractivity contribution in [3.8, 4) is 0 Å². The van der Waals surface area contributed by atoms with E-state index < -0.39 is 5.60 Å². The van der Waals surface area contributed by atoms with Crippen molar-refractivity contribution in [3.05, 3.63) is 36.4 Å². The number of hydrogen-bond donors (Lipinski definition) is 1. The molecule has 0 spiro atoms. The maximum absolute atomic E-state index is 12.0. The van der Waals surface area contributed by atoms with Crippen LogP contribution < -0.4 is 0 Å². The zero-order valence-electron chi connectivity index (χ0n) is 12.1. The molecule has 20 heavy (non-hydrogen) atoms. The van der Waals surface area contributed by atoms with Gasteiger partial charge in [-0.15, -0.1) is 0 Å². The molecular weight excluding hydrogens is 256 g/mol. The number of carbonyl (C=O) groups is 1. The summed E-state index contributed by atoms with van der Waals surface area (Å²) >= 11 is 0. The molecule has 1 atom stereocenters. The molecule has 0 amide bonds. The van der Waals surface area contributed by atoms with Crippen LogP contribution in [0.2, 0.25) is 0 Å². The molecule has 0 saturated heterocycles. The van der Waals surface area contributed by atoms with Crippen molar-refractivity contribution >= 4 is 5.78 Å². The van der Waals surface area contributed by atoms with E-state index in [0.29, 0.717) is 30.9 Å². The van der Waals surface area contributed by atoms with Gasteiger partial charge in [-0.3, -0.25) is 4.79 Å². The molecule has 1 unspecified atom stereocenters. The molecule has 0 aliphatic carbocycles. The summed E-state index contributed by atoms with van der Waals surface area (Å²) in [5.74, 6) is 1.07. The fourth-order valence-electron chi connectivity index (χ4n) is 2.34. The molecule has 0 saturated carbocycles. The number of aliphatic hydroxyl groups is 1. The third-order valence-electron chi connectivity index (χ3n) is 3.44. The number of aryl methyl sites for hydroxylation is 2. The predicted octanol–water partition coefficient (Wildman–Crippen LogP) is 1.41. The van der Waals surface area contributed by atoms with Crippen LogP contribution in [-0.2, 0) is 19.7 Å². The molecule has 2 rings (SSSR count). The number of carbonyl (C=O) groups excluding carboxylic acids is 1. The Morgan fingerprint density at radius 1 is 1.25 bits per heavy atom. The number of nitrogens with zero attached hydrogens (tertiary/aromatic N) is 4. The SMILES string of the molecule is Cn1ccnc1C(=O)CCCC(C)(O)c1nccn1C. The molecule has 0 aliphatic rings. The second kappa shape index (κ2) is 5.58. The zero-order chi connectivity index (χ0) is 14.8. The Labute approximate surface area is 118 Å². The Hall–Kier alpha value is -1.95. The van der Waals surface area contributed by atoms with Crippen molar-refractivity contribution in [1.82, 2.24) is 19.1 Å². The van der Waals surface area contributed by atoms with Gasteiger partial charge in [0.05, 0.1) is 0 Å². The van der Waals surface area contributed by atoms with E-state index in [0.717, 1.165) is 0 Å². The highest BCUT2D eigenvalue weighted by molar-refractivity contribution is 5.92. The number of rotatable bonds is 6. The zero-order valence-corrected chi connectivity index (χ0v) is 12.1. The van der Waals surface area contributed by atoms with E-state index in [1.165, 1.54) is 0 Å². The number of hydrogen-bond acceptors (Lipinski definition) is 4. The predicted molar refractivity (Wildman–Crippen MR) is 74.2 cm³/mol. The summed E-state index contributed by atoms with van der Waals surface area (Å²) in [6.45, 7) is 1.72. The number of ketones is 1. The molecular formula is C14H20N4O2. The smallest absolute Gasteiger partial charge is 0.198 e. The van der Waals surface area contributed by atoms with E-state index in [2.05, 4.69) is 9.97 Å². The first-order valence-electron chi connectivity index (χ1n) is 6.62. The average Bonchev–Trinajstić information content (AvgIpc) is 2.97. The molecule has 2 aromatic heterocycles. The minimum absolute atomic E-state index is 0.00635. The Kier molecular flexibility index (Phi) is 4.04. The standard InChI is InChI=1S/C14H20N4O2/c1-14(20,13-16-8-10-18(13)3)6-4-5-11(19)12-15-7-9-17(12)2/h7-10,20H,4-6H2,1-3H3. The maximum Gasteiger partial charge on any atom is 0.198 e. The van der Waals surface area contributed by atoms with Gasteiger partial charge in [0, 0.05) is 45.3 Å². The molecule has 0 radical (unpaired) electrons. The monoisotopic (exact) mass is 276 g/mol. The minimum Gasteiger partial charge on any atom is -0.382 e. The van der Waals surface area contributed by atoms with Crippen LogP contribution in [0.25, 0.3) is 0 Å². The lowest BCUT2D eigenvalue weighted by atomic mass is 9.97. The van der Waals surface area contributed by atoms with Gasteiger partial charge >= 0.3 is 0 Å². The molecule has 1 N–H and O–H groups in total. The molecule has 0 aromatic carbocycles. The van der Waals surface area contributed by atoms with E-state index in [-0.39, 0.29) is 5.78 Å². The summed E-state index contributed by atoms with van der Waals surface area (Å²) in [5.41, 5.74) is -1.03. The number of imidazole rings is 2. The second-order valence-electron chi connectivity index (χ2n) is 5.27. The largest absolute Gasteiger partial charge is 0.382 e. The molecule has 6 heteroatoms. The first-order valence-corrected chi connectivity index (χ1v) is 6.62. The van der Waals surface area contributed by atoms with Crippen LogP contribution in [-0.4, -0.2) is 30.0 Å². The van der Waals surface area contributed by atoms with Gasteiger partial charge in [-0.05, 0) is 19.8 Å². The lowest BCUT2D eigenvalue weighted by Gasteiger charge is -2.22. The summed E-state index contributed by atoms with van der Waals surface area (Å²) in [6.07, 6.45) is 8.24. The van der Waals surface area contributed by atoms with Crippen LogP contribution in [0.1, 0.15) is 42.6 Å². The van der Waals surface area contributed by atoms with Gasteiger partial charge in [0.1, 0.15) is 11.4 Å². The molecule has 2 heterocycles. The topological polar surface area (TPSA) is 72.9 Å². The fourth-order valence-corrected chi connectivity index (χ4v) is 2.34. The number of aromatic nitrogens is 4. The van der Waals surface area contributed by atoms with Crippen molar-refractivity contribution < 1.29 is 9.90 Å². The molecule has 0 bridgehead atoms. The van der Waals surface area contributed by atoms with E-state index in [9.17, 15) is 9.90 Å². The van der Waals surface area contributed by atoms with Crippen LogP contribution in [0.15, 0.2) is 24.8 Å². The normalized spacial score (nSPS) is 14.2. The Morgan fingerprint density at radius 2 is 1.90 bits per heavy atom. The molecule has 0 fully saturated rings. The maximum atomic E-state index is 12.0. The van der Waals surface area contributed by atoms with Gasteiger partial charge < -0.3 is 14.2 Å². The van der Waals surface area contributed by atoms with Crippen molar-refractivity contribution in [2.45, 2.75) is 31.8 Å². The molecule has 0 aliphatic heterocycles. The molecule has 6 nitrogen and oxygen atoms in total. The first kappa shape index (κ1) is 14.5. The van der Waals surface area contributed by atoms with E-state index >= 15 is 0 Å². The van der Waals surface area contributed by atoms with Crippen LogP contribution in [0.5, 0.6) is 0 Å². The van der Waals surface area contributed by atoms with E-state index in [1.54, 1.807) is 47.9 Å². The highest BCUT2D eigenvalue weighted by Crippen LogP contribution is 2.25. The average molecular weight is 276 g/mol. The van der Waals surface area contributed by atoms with E-state index in [4.69, 9.17) is 0 Å². The van der Waals surface area contributed by atoms with Crippen molar-refractivity contribution in [3.63, 3.8) is 0 Å². The van der Waals surface area contributed by atoms with Gasteiger partial charge in [0.25, 0.3) is 0 Å². The Bertz CT molecular complexity index is 598. The van der Waals surface area contributed by atoms with Gasteiger partial charge in [-0.25, -0.2) is 9.97 Å². The van der Waals surface area contributed by atoms with Crippen LogP contribution >= 0.6 is 0 Å². The van der Waals surface area contributed by atoms with Gasteiger partial charge in [0.2, 0.25) is 0 Å². The highest BCUT2D eigenvalue weighted by Gasteiger charge is 2.27. The van der Waals surface area contributed by atoms with Gasteiger partial charge in [-0.2, -0.15) is 0 Å². The third-order valence-corrected chi connectivity index (χ3v) is 3.44. The van der Waals surface area contributed by atoms with E-state index in [1.807, 2.05) is 7.05 Å². The third kappa shape index (κ3) is 2.96. The lowest BCUT2D eigenvalue weighted by Crippen LogP contribution is -2.25. The Morgan fingerprint density at radius 3 is 2.45 bits per heavy atom. The fraction of sp³-hybridized carbons (Fsp3) is 0.500. The summed E-state index contributed by atoms with van der Waals surface area (Å²) in [5, 5.41) is 10.4. The summed E-state index contributed by atoms with van der Waals surface area (Å²) in [7, 11) is 3.64. The van der Waals surface area contributed by atoms with Crippen LogP contribution in [0.3, 0.4) is 0 Å². The van der Waals surface area contributed by atoms with Gasteiger partial charge in [0.15, 0.2) is 11.6 Å². The summed E-state index contributed by atoms with van der Waals surface area (Å²) < 4.78 is 3.50. The quantitative estimate of drug-likeness (QED) is 0.810. The first-order chi connectivity index (χ1) is 9.42. The van der Waals surface area contributed by atoms with Crippen molar-refractivity contribution in [2.24, 2.45) is 14.1 Å². The van der Waals surface area contributed by atoms with Crippen molar-refractivity contribution in [2.75, 3.05) is 0 Å². The summed E-state index contributed by atoms with van der Waals surface area (Å²) in [4.78, 5) is 20.2.